The number of piperazine rings is 1. The van der Waals surface area contributed by atoms with Gasteiger partial charge in [-0.1, -0.05) is 23.9 Å². The minimum Gasteiger partial charge on any atom is -0.495 e. The molecule has 3 heterocycles. The Morgan fingerprint density at radius 2 is 1.82 bits per heavy atom. The number of hydrogen-bond donors (Lipinski definition) is 1. The lowest BCUT2D eigenvalue weighted by Gasteiger charge is -2.36. The highest BCUT2D eigenvalue weighted by Crippen LogP contribution is 2.32. The molecule has 0 aliphatic carbocycles. The molecule has 5 rings (SSSR count). The average Bonchev–Trinajstić information content (AvgIpc) is 3.47. The first-order valence-electron chi connectivity index (χ1n) is 11.7. The molecule has 7 heteroatoms. The molecule has 33 heavy (non-hydrogen) atoms. The number of fused-ring (bicyclic) bond motifs is 1. The first-order valence-corrected chi connectivity index (χ1v) is 12.7. The summed E-state index contributed by atoms with van der Waals surface area (Å²) >= 11 is 1.79. The molecule has 0 radical (unpaired) electrons. The third-order valence-electron chi connectivity index (χ3n) is 6.37. The molecule has 2 aromatic rings. The van der Waals surface area contributed by atoms with Crippen molar-refractivity contribution in [1.82, 2.24) is 15.1 Å². The zero-order valence-corrected chi connectivity index (χ0v) is 20.0. The Hall–Kier alpha value is -2.77. The molecule has 0 spiro atoms. The number of thioether (sulfide) groups is 1. The predicted molar refractivity (Wildman–Crippen MR) is 136 cm³/mol. The number of benzene rings is 2. The quantitative estimate of drug-likeness (QED) is 0.554. The molecule has 0 bridgehead atoms. The maximum atomic E-state index is 5.98. The van der Waals surface area contributed by atoms with Gasteiger partial charge in [0.05, 0.1) is 25.1 Å². The number of methoxy groups -OCH3 is 1. The fourth-order valence-electron chi connectivity index (χ4n) is 4.49. The van der Waals surface area contributed by atoms with Gasteiger partial charge >= 0.3 is 0 Å². The average molecular weight is 464 g/mol. The lowest BCUT2D eigenvalue weighted by molar-refractivity contribution is 0.238. The molecule has 3 aliphatic heterocycles. The molecular weight excluding hydrogens is 431 g/mol. The Labute approximate surface area is 200 Å². The van der Waals surface area contributed by atoms with E-state index in [1.54, 1.807) is 18.9 Å². The van der Waals surface area contributed by atoms with Crippen LogP contribution in [0.15, 0.2) is 66.3 Å². The van der Waals surface area contributed by atoms with Crippen molar-refractivity contribution in [2.45, 2.75) is 18.3 Å². The number of nitrogens with zero attached hydrogens (tertiary/aromatic N) is 3. The van der Waals surface area contributed by atoms with Gasteiger partial charge in [0, 0.05) is 38.6 Å². The summed E-state index contributed by atoms with van der Waals surface area (Å²) in [5, 5.41) is 5.65. The molecule has 1 N–H and O–H groups in total. The second-order valence-corrected chi connectivity index (χ2v) is 9.48. The number of anilines is 1. The van der Waals surface area contributed by atoms with Gasteiger partial charge in [0.1, 0.15) is 11.5 Å². The highest BCUT2D eigenvalue weighted by molar-refractivity contribution is 8.02. The molecule has 1 atom stereocenters. The first-order chi connectivity index (χ1) is 16.3. The lowest BCUT2D eigenvalue weighted by Crippen LogP contribution is -2.46. The van der Waals surface area contributed by atoms with Crippen molar-refractivity contribution in [2.24, 2.45) is 0 Å². The minimum atomic E-state index is 0.306. The predicted octanol–water partition coefficient (Wildman–Crippen LogP) is 4.38. The normalized spacial score (nSPS) is 19.9. The highest BCUT2D eigenvalue weighted by atomic mass is 32.2. The van der Waals surface area contributed by atoms with Crippen LogP contribution in [0.3, 0.4) is 0 Å². The molecule has 174 valence electrons. The summed E-state index contributed by atoms with van der Waals surface area (Å²) in [6, 6.07) is 16.7. The number of rotatable bonds is 9. The van der Waals surface area contributed by atoms with E-state index in [0.717, 1.165) is 69.4 Å². The van der Waals surface area contributed by atoms with Crippen LogP contribution in [0.4, 0.5) is 5.69 Å². The van der Waals surface area contributed by atoms with Crippen LogP contribution in [-0.2, 0) is 0 Å². The second kappa shape index (κ2) is 10.4. The summed E-state index contributed by atoms with van der Waals surface area (Å²) in [4.78, 5) is 7.18. The topological polar surface area (TPSA) is 40.2 Å². The summed E-state index contributed by atoms with van der Waals surface area (Å²) in [6.07, 6.45) is 6.49. The zero-order valence-electron chi connectivity index (χ0n) is 19.2. The maximum absolute atomic E-state index is 5.98. The van der Waals surface area contributed by atoms with E-state index in [-0.39, 0.29) is 0 Å². The van der Waals surface area contributed by atoms with Crippen molar-refractivity contribution in [3.63, 3.8) is 0 Å². The van der Waals surface area contributed by atoms with Crippen LogP contribution in [0, 0.1) is 0 Å². The van der Waals surface area contributed by atoms with Gasteiger partial charge in [0.25, 0.3) is 0 Å². The Bertz CT molecular complexity index is 986. The monoisotopic (exact) mass is 463 g/mol. The van der Waals surface area contributed by atoms with Crippen LogP contribution >= 0.6 is 11.8 Å². The third kappa shape index (κ3) is 5.25. The smallest absolute Gasteiger partial charge is 0.155 e. The van der Waals surface area contributed by atoms with Crippen molar-refractivity contribution in [1.29, 1.82) is 0 Å². The molecule has 1 saturated heterocycles. The van der Waals surface area contributed by atoms with Crippen LogP contribution in [-0.4, -0.2) is 61.7 Å². The van der Waals surface area contributed by atoms with Crippen molar-refractivity contribution < 1.29 is 9.47 Å². The Morgan fingerprint density at radius 3 is 2.61 bits per heavy atom. The van der Waals surface area contributed by atoms with E-state index in [1.165, 1.54) is 11.3 Å². The van der Waals surface area contributed by atoms with Crippen molar-refractivity contribution in [3.8, 4) is 11.5 Å². The molecule has 1 unspecified atom stereocenters. The van der Waals surface area contributed by atoms with Crippen LogP contribution in [0.25, 0.3) is 5.70 Å². The summed E-state index contributed by atoms with van der Waals surface area (Å²) < 4.78 is 11.5. The molecular formula is C26H32N4O2S. The number of para-hydroxylation sites is 2. The first kappa shape index (κ1) is 22.0. The van der Waals surface area contributed by atoms with E-state index < -0.39 is 0 Å². The van der Waals surface area contributed by atoms with Gasteiger partial charge in [-0.3, -0.25) is 4.90 Å². The third-order valence-corrected chi connectivity index (χ3v) is 7.27. The Balaban J connectivity index is 0.993. The molecule has 0 aromatic heterocycles. The molecule has 0 saturated carbocycles. The van der Waals surface area contributed by atoms with E-state index >= 15 is 0 Å². The van der Waals surface area contributed by atoms with E-state index in [4.69, 9.17) is 9.47 Å². The van der Waals surface area contributed by atoms with Gasteiger partial charge in [-0.25, -0.2) is 0 Å². The Kier molecular flexibility index (Phi) is 6.98. The minimum absolute atomic E-state index is 0.306. The fraction of sp³-hybridized carbons (Fsp3) is 0.385. The van der Waals surface area contributed by atoms with Gasteiger partial charge in [-0.15, -0.1) is 0 Å². The van der Waals surface area contributed by atoms with Crippen molar-refractivity contribution in [2.75, 3.05) is 51.3 Å². The van der Waals surface area contributed by atoms with Crippen LogP contribution < -0.4 is 19.7 Å². The van der Waals surface area contributed by atoms with Gasteiger partial charge in [-0.05, 0) is 66.8 Å². The van der Waals surface area contributed by atoms with Gasteiger partial charge in [0.15, 0.2) is 5.50 Å². The van der Waals surface area contributed by atoms with Gasteiger partial charge in [0.2, 0.25) is 0 Å². The second-order valence-electron chi connectivity index (χ2n) is 8.49. The van der Waals surface area contributed by atoms with E-state index in [1.807, 2.05) is 12.1 Å². The van der Waals surface area contributed by atoms with E-state index in [0.29, 0.717) is 5.50 Å². The molecule has 6 nitrogen and oxygen atoms in total. The number of unbranched alkanes of at least 4 members (excludes halogenated alkanes) is 1. The highest BCUT2D eigenvalue weighted by Gasteiger charge is 2.25. The number of nitrogens with one attached hydrogen (secondary N) is 1. The standard InChI is InChI=1S/C26H32N4O2S/c1-31-25-7-3-2-6-24(25)29-15-13-28(14-16-29)12-4-5-18-32-22-10-8-21(9-11-22)23-20-30-17-19-33-26(30)27-23/h2-3,6-11,17,19-20,26-27H,4-5,12-16,18H2,1H3/i1-1. The fourth-order valence-corrected chi connectivity index (χ4v) is 5.31. The molecule has 0 amide bonds. The molecule has 2 aromatic carbocycles. The number of hydrogen-bond acceptors (Lipinski definition) is 7. The maximum Gasteiger partial charge on any atom is 0.155 e. The molecule has 3 aliphatic rings. The van der Waals surface area contributed by atoms with Gasteiger partial charge < -0.3 is 24.6 Å². The lowest BCUT2D eigenvalue weighted by atomic mass is 10.1. The van der Waals surface area contributed by atoms with E-state index in [2.05, 4.69) is 74.2 Å². The Morgan fingerprint density at radius 1 is 1.00 bits per heavy atom. The zero-order chi connectivity index (χ0) is 22.5. The van der Waals surface area contributed by atoms with E-state index in [9.17, 15) is 0 Å². The SMILES string of the molecule is [11CH3]Oc1ccccc1N1CCN(CCCCOc2ccc(C3=CN4C=CSC4N3)cc2)CC1. The summed E-state index contributed by atoms with van der Waals surface area (Å²) in [7, 11) is 1.75. The van der Waals surface area contributed by atoms with Crippen LogP contribution in [0.2, 0.25) is 0 Å². The largest absolute Gasteiger partial charge is 0.495 e. The van der Waals surface area contributed by atoms with Crippen molar-refractivity contribution in [3.05, 3.63) is 71.9 Å². The summed E-state index contributed by atoms with van der Waals surface area (Å²) in [5.41, 5.74) is 3.86. The summed E-state index contributed by atoms with van der Waals surface area (Å²) in [5.74, 6) is 1.90. The summed E-state index contributed by atoms with van der Waals surface area (Å²) in [6.45, 7) is 6.17. The van der Waals surface area contributed by atoms with Gasteiger partial charge in [-0.2, -0.15) is 0 Å². The van der Waals surface area contributed by atoms with Crippen LogP contribution in [0.5, 0.6) is 11.5 Å². The molecule has 1 fully saturated rings. The van der Waals surface area contributed by atoms with Crippen molar-refractivity contribution >= 4 is 23.1 Å². The number of ether oxygens (including phenoxy) is 2. The van der Waals surface area contributed by atoms with Crippen LogP contribution in [0.1, 0.15) is 18.4 Å².